The number of carbonyl (C=O) groups is 1. The number of para-hydroxylation sites is 1. The fourth-order valence-electron chi connectivity index (χ4n) is 2.36. The third-order valence-corrected chi connectivity index (χ3v) is 3.51. The third-order valence-electron chi connectivity index (χ3n) is 3.51. The number of rotatable bonds is 3. The Morgan fingerprint density at radius 1 is 1.17 bits per heavy atom. The number of carbonyl (C=O) groups excluding carboxylic acids is 1. The number of benzene rings is 1. The molecule has 0 spiro atoms. The van der Waals surface area contributed by atoms with Crippen molar-refractivity contribution in [2.75, 3.05) is 5.32 Å². The van der Waals surface area contributed by atoms with Crippen molar-refractivity contribution in [2.24, 2.45) is 0 Å². The van der Waals surface area contributed by atoms with Crippen molar-refractivity contribution in [1.29, 1.82) is 0 Å². The molecule has 0 aromatic heterocycles. The Bertz CT molecular complexity index is 448. The van der Waals surface area contributed by atoms with Crippen LogP contribution in [-0.2, 0) is 11.2 Å². The zero-order valence-electron chi connectivity index (χ0n) is 11.0. The maximum absolute atomic E-state index is 11.9. The summed E-state index contributed by atoms with van der Waals surface area (Å²) >= 11 is 0. The molecule has 0 radical (unpaired) electrons. The fourth-order valence-corrected chi connectivity index (χ4v) is 2.36. The summed E-state index contributed by atoms with van der Waals surface area (Å²) in [5.74, 6) is 0.314. The lowest BCUT2D eigenvalue weighted by molar-refractivity contribution is -0.115. The highest BCUT2D eigenvalue weighted by atomic mass is 16.1. The molecule has 0 unspecified atom stereocenters. The highest BCUT2D eigenvalue weighted by Crippen LogP contribution is 2.21. The predicted octanol–water partition coefficient (Wildman–Crippen LogP) is 4.08. The van der Waals surface area contributed by atoms with Gasteiger partial charge in [-0.3, -0.25) is 4.79 Å². The summed E-state index contributed by atoms with van der Waals surface area (Å²) in [6, 6.07) is 8.26. The van der Waals surface area contributed by atoms with Gasteiger partial charge in [-0.15, -0.1) is 0 Å². The van der Waals surface area contributed by atoms with Crippen LogP contribution in [0, 0.1) is 0 Å². The smallest absolute Gasteiger partial charge is 0.160 e. The molecule has 96 valence electrons. The molecule has 1 aliphatic rings. The normalized spacial score (nSPS) is 18.7. The molecule has 0 bridgehead atoms. The molecule has 1 N–H and O–H groups in total. The van der Waals surface area contributed by atoms with Crippen LogP contribution in [0.5, 0.6) is 0 Å². The fraction of sp³-hybridized carbons (Fsp3) is 0.438. The lowest BCUT2D eigenvalue weighted by Crippen LogP contribution is -2.03. The van der Waals surface area contributed by atoms with E-state index in [2.05, 4.69) is 24.4 Å². The lowest BCUT2D eigenvalue weighted by Gasteiger charge is -2.08. The SMILES string of the molecule is CCc1ccccc1NC=C1CCCCCC1=O. The minimum Gasteiger partial charge on any atom is -0.361 e. The number of anilines is 1. The molecule has 2 rings (SSSR count). The summed E-state index contributed by atoms with van der Waals surface area (Å²) < 4.78 is 0. The summed E-state index contributed by atoms with van der Waals surface area (Å²) in [6.45, 7) is 2.14. The van der Waals surface area contributed by atoms with Crippen LogP contribution in [0.2, 0.25) is 0 Å². The second-order valence-electron chi connectivity index (χ2n) is 4.81. The van der Waals surface area contributed by atoms with Crippen molar-refractivity contribution < 1.29 is 4.79 Å². The Hall–Kier alpha value is -1.57. The van der Waals surface area contributed by atoms with E-state index < -0.39 is 0 Å². The van der Waals surface area contributed by atoms with Crippen molar-refractivity contribution in [1.82, 2.24) is 0 Å². The van der Waals surface area contributed by atoms with E-state index in [-0.39, 0.29) is 0 Å². The van der Waals surface area contributed by atoms with Gasteiger partial charge in [0.2, 0.25) is 0 Å². The molecule has 18 heavy (non-hydrogen) atoms. The standard InChI is InChI=1S/C16H21NO/c1-2-13-8-6-7-10-15(13)17-12-14-9-4-3-5-11-16(14)18/h6-8,10,12,17H,2-5,9,11H2,1H3. The second kappa shape index (κ2) is 6.39. The minimum atomic E-state index is 0.314. The molecule has 1 aromatic rings. The van der Waals surface area contributed by atoms with Gasteiger partial charge in [0.05, 0.1) is 0 Å². The van der Waals surface area contributed by atoms with Gasteiger partial charge in [0.1, 0.15) is 0 Å². The Labute approximate surface area is 109 Å². The van der Waals surface area contributed by atoms with Crippen molar-refractivity contribution in [3.8, 4) is 0 Å². The van der Waals surface area contributed by atoms with Crippen LogP contribution >= 0.6 is 0 Å². The van der Waals surface area contributed by atoms with Gasteiger partial charge in [0, 0.05) is 23.9 Å². The topological polar surface area (TPSA) is 29.1 Å². The molecular formula is C16H21NO. The maximum atomic E-state index is 11.9. The predicted molar refractivity (Wildman–Crippen MR) is 75.6 cm³/mol. The number of allylic oxidation sites excluding steroid dienone is 1. The first-order chi connectivity index (χ1) is 8.81. The molecule has 0 saturated heterocycles. The van der Waals surface area contributed by atoms with Gasteiger partial charge in [0.15, 0.2) is 5.78 Å². The van der Waals surface area contributed by atoms with E-state index in [1.54, 1.807) is 0 Å². The summed E-state index contributed by atoms with van der Waals surface area (Å²) in [7, 11) is 0. The summed E-state index contributed by atoms with van der Waals surface area (Å²) in [4.78, 5) is 11.9. The van der Waals surface area contributed by atoms with E-state index in [0.29, 0.717) is 12.2 Å². The van der Waals surface area contributed by atoms with E-state index in [4.69, 9.17) is 0 Å². The lowest BCUT2D eigenvalue weighted by atomic mass is 10.1. The van der Waals surface area contributed by atoms with Gasteiger partial charge in [-0.1, -0.05) is 31.5 Å². The number of ketones is 1. The second-order valence-corrected chi connectivity index (χ2v) is 4.81. The van der Waals surface area contributed by atoms with Crippen LogP contribution in [0.1, 0.15) is 44.6 Å². The van der Waals surface area contributed by atoms with E-state index in [9.17, 15) is 4.79 Å². The van der Waals surface area contributed by atoms with E-state index in [1.807, 2.05) is 18.3 Å². The Kier molecular flexibility index (Phi) is 4.57. The number of Topliss-reactive ketones (excluding diaryl/α,β-unsaturated/α-hetero) is 1. The number of hydrogen-bond donors (Lipinski definition) is 1. The van der Waals surface area contributed by atoms with Gasteiger partial charge in [-0.2, -0.15) is 0 Å². The number of aryl methyl sites for hydroxylation is 1. The van der Waals surface area contributed by atoms with E-state index in [1.165, 1.54) is 12.0 Å². The quantitative estimate of drug-likeness (QED) is 0.640. The summed E-state index contributed by atoms with van der Waals surface area (Å²) in [5, 5.41) is 3.31. The van der Waals surface area contributed by atoms with Gasteiger partial charge in [-0.05, 0) is 37.3 Å². The first kappa shape index (κ1) is 12.9. The highest BCUT2D eigenvalue weighted by molar-refractivity contribution is 5.95. The molecule has 1 aliphatic carbocycles. The largest absolute Gasteiger partial charge is 0.361 e. The molecular weight excluding hydrogens is 222 g/mol. The molecule has 2 nitrogen and oxygen atoms in total. The molecule has 0 amide bonds. The molecule has 2 heteroatoms. The van der Waals surface area contributed by atoms with E-state index >= 15 is 0 Å². The average molecular weight is 243 g/mol. The van der Waals surface area contributed by atoms with Crippen LogP contribution in [0.4, 0.5) is 5.69 Å². The first-order valence-electron chi connectivity index (χ1n) is 6.88. The molecule has 1 saturated carbocycles. The summed E-state index contributed by atoms with van der Waals surface area (Å²) in [6.07, 6.45) is 7.90. The highest BCUT2D eigenvalue weighted by Gasteiger charge is 2.13. The van der Waals surface area contributed by atoms with Crippen molar-refractivity contribution in [2.45, 2.75) is 45.4 Å². The maximum Gasteiger partial charge on any atom is 0.160 e. The molecule has 0 aliphatic heterocycles. The number of nitrogens with one attached hydrogen (secondary N) is 1. The van der Waals surface area contributed by atoms with Gasteiger partial charge in [0.25, 0.3) is 0 Å². The zero-order chi connectivity index (χ0) is 12.8. The van der Waals surface area contributed by atoms with Crippen LogP contribution in [-0.4, -0.2) is 5.78 Å². The molecule has 0 atom stereocenters. The summed E-state index contributed by atoms with van der Waals surface area (Å²) in [5.41, 5.74) is 3.36. The Morgan fingerprint density at radius 3 is 2.78 bits per heavy atom. The van der Waals surface area contributed by atoms with Crippen molar-refractivity contribution in [3.63, 3.8) is 0 Å². The third kappa shape index (κ3) is 3.22. The molecule has 1 aromatic carbocycles. The molecule has 0 heterocycles. The van der Waals surface area contributed by atoms with Crippen LogP contribution in [0.15, 0.2) is 36.0 Å². The monoisotopic (exact) mass is 243 g/mol. The van der Waals surface area contributed by atoms with Gasteiger partial charge >= 0.3 is 0 Å². The first-order valence-corrected chi connectivity index (χ1v) is 6.88. The van der Waals surface area contributed by atoms with Crippen LogP contribution in [0.25, 0.3) is 0 Å². The molecule has 1 fully saturated rings. The van der Waals surface area contributed by atoms with Crippen molar-refractivity contribution in [3.05, 3.63) is 41.6 Å². The zero-order valence-corrected chi connectivity index (χ0v) is 11.0. The average Bonchev–Trinajstić information content (AvgIpc) is 2.61. The van der Waals surface area contributed by atoms with Crippen LogP contribution < -0.4 is 5.32 Å². The van der Waals surface area contributed by atoms with Crippen LogP contribution in [0.3, 0.4) is 0 Å². The van der Waals surface area contributed by atoms with Crippen molar-refractivity contribution >= 4 is 11.5 Å². The Balaban J connectivity index is 2.11. The van der Waals surface area contributed by atoms with Gasteiger partial charge < -0.3 is 5.32 Å². The minimum absolute atomic E-state index is 0.314. The Morgan fingerprint density at radius 2 is 1.94 bits per heavy atom. The van der Waals surface area contributed by atoms with Gasteiger partial charge in [-0.25, -0.2) is 0 Å². The van der Waals surface area contributed by atoms with E-state index in [0.717, 1.165) is 36.9 Å². The number of hydrogen-bond acceptors (Lipinski definition) is 2.